The quantitative estimate of drug-likeness (QED) is 0.880. The monoisotopic (exact) mass is 246 g/mol. The van der Waals surface area contributed by atoms with E-state index in [-0.39, 0.29) is 0 Å². The number of nitrogens with one attached hydrogen (secondary N) is 1. The highest BCUT2D eigenvalue weighted by molar-refractivity contribution is 5.37. The van der Waals surface area contributed by atoms with Crippen LogP contribution in [0.4, 0.5) is 0 Å². The van der Waals surface area contributed by atoms with Gasteiger partial charge in [0, 0.05) is 37.8 Å². The number of ether oxygens (including phenoxy) is 1. The summed E-state index contributed by atoms with van der Waals surface area (Å²) in [5.41, 5.74) is 1.38. The lowest BCUT2D eigenvalue weighted by Gasteiger charge is -2.36. The molecule has 3 nitrogen and oxygen atoms in total. The van der Waals surface area contributed by atoms with Crippen molar-refractivity contribution < 1.29 is 4.74 Å². The predicted octanol–water partition coefficient (Wildman–Crippen LogP) is 2.05. The molecule has 1 N–H and O–H groups in total. The van der Waals surface area contributed by atoms with Crippen molar-refractivity contribution in [1.29, 1.82) is 0 Å². The van der Waals surface area contributed by atoms with Crippen LogP contribution < -0.4 is 10.1 Å². The van der Waals surface area contributed by atoms with E-state index < -0.39 is 0 Å². The summed E-state index contributed by atoms with van der Waals surface area (Å²) in [6, 6.07) is 9.08. The lowest BCUT2D eigenvalue weighted by Crippen LogP contribution is -2.45. The fourth-order valence-electron chi connectivity index (χ4n) is 3.03. The molecular weight excluding hydrogens is 224 g/mol. The van der Waals surface area contributed by atoms with Crippen LogP contribution in [0.15, 0.2) is 24.3 Å². The van der Waals surface area contributed by atoms with E-state index in [4.69, 9.17) is 4.74 Å². The summed E-state index contributed by atoms with van der Waals surface area (Å²) in [7, 11) is 1.78. The van der Waals surface area contributed by atoms with E-state index in [1.165, 1.54) is 18.4 Å². The van der Waals surface area contributed by atoms with Gasteiger partial charge in [-0.25, -0.2) is 0 Å². The predicted molar refractivity (Wildman–Crippen MR) is 72.9 cm³/mol. The number of hydrogen-bond acceptors (Lipinski definition) is 3. The third kappa shape index (κ3) is 2.38. The van der Waals surface area contributed by atoms with Crippen LogP contribution in [0.2, 0.25) is 0 Å². The zero-order chi connectivity index (χ0) is 12.4. The molecule has 3 rings (SSSR count). The van der Waals surface area contributed by atoms with Crippen LogP contribution in [0, 0.1) is 5.92 Å². The zero-order valence-corrected chi connectivity index (χ0v) is 11.1. The number of rotatable bonds is 4. The molecule has 1 aliphatic heterocycles. The van der Waals surface area contributed by atoms with Gasteiger partial charge in [-0.2, -0.15) is 0 Å². The van der Waals surface area contributed by atoms with Gasteiger partial charge >= 0.3 is 0 Å². The Morgan fingerprint density at radius 2 is 1.94 bits per heavy atom. The van der Waals surface area contributed by atoms with Crippen LogP contribution in [0.5, 0.6) is 5.75 Å². The van der Waals surface area contributed by atoms with Crippen molar-refractivity contribution >= 4 is 0 Å². The van der Waals surface area contributed by atoms with Crippen LogP contribution in [-0.4, -0.2) is 38.2 Å². The minimum atomic E-state index is 0.559. The van der Waals surface area contributed by atoms with E-state index in [2.05, 4.69) is 34.5 Å². The number of hydrogen-bond donors (Lipinski definition) is 1. The standard InChI is InChI=1S/C15H22N2O/c1-18-14-5-3-2-4-13(14)15(12-6-7-12)17-10-8-16-9-11-17/h2-5,12,15-16H,6-11H2,1H3/t15-/m1/s1. The molecule has 0 aromatic heterocycles. The van der Waals surface area contributed by atoms with Gasteiger partial charge in [0.15, 0.2) is 0 Å². The lowest BCUT2D eigenvalue weighted by atomic mass is 9.99. The minimum Gasteiger partial charge on any atom is -0.496 e. The Labute approximate surface area is 109 Å². The average molecular weight is 246 g/mol. The molecule has 18 heavy (non-hydrogen) atoms. The third-order valence-corrected chi connectivity index (χ3v) is 4.07. The molecule has 2 fully saturated rings. The van der Waals surface area contributed by atoms with Gasteiger partial charge < -0.3 is 10.1 Å². The number of methoxy groups -OCH3 is 1. The van der Waals surface area contributed by atoms with Gasteiger partial charge in [-0.1, -0.05) is 18.2 Å². The van der Waals surface area contributed by atoms with Crippen molar-refractivity contribution in [3.8, 4) is 5.75 Å². The summed E-state index contributed by atoms with van der Waals surface area (Å²) in [6.07, 6.45) is 2.74. The van der Waals surface area contributed by atoms with E-state index in [9.17, 15) is 0 Å². The molecule has 1 aliphatic carbocycles. The minimum absolute atomic E-state index is 0.559. The van der Waals surface area contributed by atoms with Crippen LogP contribution in [-0.2, 0) is 0 Å². The van der Waals surface area contributed by atoms with Gasteiger partial charge in [0.1, 0.15) is 5.75 Å². The highest BCUT2D eigenvalue weighted by Gasteiger charge is 2.37. The van der Waals surface area contributed by atoms with Gasteiger partial charge in [-0.15, -0.1) is 0 Å². The summed E-state index contributed by atoms with van der Waals surface area (Å²) in [6.45, 7) is 4.52. The first kappa shape index (κ1) is 12.0. The molecule has 1 aromatic carbocycles. The molecule has 0 amide bonds. The maximum absolute atomic E-state index is 5.55. The summed E-state index contributed by atoms with van der Waals surface area (Å²) < 4.78 is 5.55. The Bertz CT molecular complexity index is 397. The van der Waals surface area contributed by atoms with Crippen molar-refractivity contribution in [2.45, 2.75) is 18.9 Å². The van der Waals surface area contributed by atoms with Crippen molar-refractivity contribution in [2.24, 2.45) is 5.92 Å². The van der Waals surface area contributed by atoms with Crippen molar-refractivity contribution in [1.82, 2.24) is 10.2 Å². The zero-order valence-electron chi connectivity index (χ0n) is 11.1. The third-order valence-electron chi connectivity index (χ3n) is 4.07. The largest absolute Gasteiger partial charge is 0.496 e. The van der Waals surface area contributed by atoms with Gasteiger partial charge in [0.05, 0.1) is 7.11 Å². The van der Waals surface area contributed by atoms with Crippen LogP contribution in [0.1, 0.15) is 24.4 Å². The number of para-hydroxylation sites is 1. The van der Waals surface area contributed by atoms with Crippen molar-refractivity contribution in [3.63, 3.8) is 0 Å². The smallest absolute Gasteiger partial charge is 0.123 e. The van der Waals surface area contributed by atoms with Gasteiger partial charge in [-0.3, -0.25) is 4.90 Å². The first-order valence-electron chi connectivity index (χ1n) is 6.98. The molecule has 0 spiro atoms. The molecule has 1 atom stereocenters. The molecule has 1 heterocycles. The average Bonchev–Trinajstić information content (AvgIpc) is 3.26. The number of benzene rings is 1. The summed E-state index contributed by atoms with van der Waals surface area (Å²) in [5.74, 6) is 1.88. The molecule has 1 saturated heterocycles. The molecule has 0 bridgehead atoms. The fraction of sp³-hybridized carbons (Fsp3) is 0.600. The maximum Gasteiger partial charge on any atom is 0.123 e. The van der Waals surface area contributed by atoms with Gasteiger partial charge in [0.25, 0.3) is 0 Å². The van der Waals surface area contributed by atoms with E-state index in [0.717, 1.165) is 37.8 Å². The molecule has 0 radical (unpaired) electrons. The Morgan fingerprint density at radius 1 is 1.22 bits per heavy atom. The molecule has 3 heteroatoms. The second-order valence-corrected chi connectivity index (χ2v) is 5.31. The number of piperazine rings is 1. The van der Waals surface area contributed by atoms with E-state index >= 15 is 0 Å². The summed E-state index contributed by atoms with van der Waals surface area (Å²) >= 11 is 0. The lowest BCUT2D eigenvalue weighted by molar-refractivity contribution is 0.153. The first-order valence-corrected chi connectivity index (χ1v) is 6.98. The maximum atomic E-state index is 5.55. The second-order valence-electron chi connectivity index (χ2n) is 5.31. The molecule has 1 aromatic rings. The van der Waals surface area contributed by atoms with Gasteiger partial charge in [0.2, 0.25) is 0 Å². The summed E-state index contributed by atoms with van der Waals surface area (Å²) in [4.78, 5) is 2.63. The second kappa shape index (κ2) is 5.29. The van der Waals surface area contributed by atoms with Crippen molar-refractivity contribution in [3.05, 3.63) is 29.8 Å². The molecule has 2 aliphatic rings. The Hall–Kier alpha value is -1.06. The topological polar surface area (TPSA) is 24.5 Å². The molecule has 0 unspecified atom stereocenters. The van der Waals surface area contributed by atoms with Crippen molar-refractivity contribution in [2.75, 3.05) is 33.3 Å². The van der Waals surface area contributed by atoms with Crippen LogP contribution in [0.25, 0.3) is 0 Å². The summed E-state index contributed by atoms with van der Waals surface area (Å²) in [5, 5.41) is 3.44. The Kier molecular flexibility index (Phi) is 3.52. The van der Waals surface area contributed by atoms with Crippen LogP contribution in [0.3, 0.4) is 0 Å². The molecule has 98 valence electrons. The van der Waals surface area contributed by atoms with E-state index in [1.54, 1.807) is 7.11 Å². The number of nitrogens with zero attached hydrogens (tertiary/aromatic N) is 1. The molecular formula is C15H22N2O. The Morgan fingerprint density at radius 3 is 2.61 bits per heavy atom. The highest BCUT2D eigenvalue weighted by atomic mass is 16.5. The fourth-order valence-corrected chi connectivity index (χ4v) is 3.03. The van der Waals surface area contributed by atoms with E-state index in [1.807, 2.05) is 0 Å². The molecule has 1 saturated carbocycles. The van der Waals surface area contributed by atoms with Gasteiger partial charge in [-0.05, 0) is 24.8 Å². The van der Waals surface area contributed by atoms with Crippen LogP contribution >= 0.6 is 0 Å². The highest BCUT2D eigenvalue weighted by Crippen LogP contribution is 2.46. The normalized spacial score (nSPS) is 22.7. The first-order chi connectivity index (χ1) is 8.90. The van der Waals surface area contributed by atoms with E-state index in [0.29, 0.717) is 6.04 Å². The Balaban J connectivity index is 1.88. The SMILES string of the molecule is COc1ccccc1[C@@H](C1CC1)N1CCNCC1.